The van der Waals surface area contributed by atoms with E-state index in [1.165, 1.54) is 4.88 Å². The van der Waals surface area contributed by atoms with Crippen LogP contribution >= 0.6 is 27.3 Å². The Morgan fingerprint density at radius 2 is 2.27 bits per heavy atom. The Hall–Kier alpha value is 0.0900. The lowest BCUT2D eigenvalue weighted by molar-refractivity contribution is 0.592. The number of rotatable bonds is 6. The summed E-state index contributed by atoms with van der Waals surface area (Å²) in [5, 5.41) is 5.13. The first-order valence-corrected chi connectivity index (χ1v) is 8.17. The normalized spacial score (nSPS) is 11.9. The minimum atomic E-state index is -2.84. The van der Waals surface area contributed by atoms with Crippen molar-refractivity contribution in [3.63, 3.8) is 0 Å². The summed E-state index contributed by atoms with van der Waals surface area (Å²) in [7, 11) is -2.84. The Bertz CT molecular complexity index is 400. The molecule has 0 amide bonds. The summed E-state index contributed by atoms with van der Waals surface area (Å²) in [6.07, 6.45) is 0. The van der Waals surface area contributed by atoms with Crippen LogP contribution in [0.2, 0.25) is 0 Å². The molecule has 3 nitrogen and oxygen atoms in total. The van der Waals surface area contributed by atoms with Gasteiger partial charge in [-0.1, -0.05) is 6.92 Å². The van der Waals surface area contributed by atoms with E-state index in [4.69, 9.17) is 0 Å². The van der Waals surface area contributed by atoms with Gasteiger partial charge in [0.2, 0.25) is 0 Å². The van der Waals surface area contributed by atoms with Crippen LogP contribution in [0.4, 0.5) is 0 Å². The summed E-state index contributed by atoms with van der Waals surface area (Å²) in [4.78, 5) is 1.20. The van der Waals surface area contributed by atoms with Crippen molar-refractivity contribution in [1.29, 1.82) is 0 Å². The third-order valence-electron chi connectivity index (χ3n) is 1.95. The summed E-state index contributed by atoms with van der Waals surface area (Å²) in [5.41, 5.74) is 0. The second-order valence-corrected chi connectivity index (χ2v) is 7.53. The van der Waals surface area contributed by atoms with E-state index < -0.39 is 9.84 Å². The van der Waals surface area contributed by atoms with Gasteiger partial charge in [-0.05, 0) is 22.0 Å². The van der Waals surface area contributed by atoms with Gasteiger partial charge in [0, 0.05) is 33.6 Å². The lowest BCUT2D eigenvalue weighted by Crippen LogP contribution is -2.23. The first kappa shape index (κ1) is 13.2. The van der Waals surface area contributed by atoms with E-state index in [1.54, 1.807) is 18.3 Å². The van der Waals surface area contributed by atoms with Gasteiger partial charge in [0.25, 0.3) is 0 Å². The zero-order valence-electron chi connectivity index (χ0n) is 8.49. The molecule has 0 bridgehead atoms. The minimum absolute atomic E-state index is 0.218. The quantitative estimate of drug-likeness (QED) is 0.818. The van der Waals surface area contributed by atoms with Crippen LogP contribution < -0.4 is 5.32 Å². The Labute approximate surface area is 103 Å². The molecule has 0 atom stereocenters. The van der Waals surface area contributed by atoms with Crippen LogP contribution in [-0.4, -0.2) is 26.5 Å². The van der Waals surface area contributed by atoms with Crippen LogP contribution in [0.3, 0.4) is 0 Å². The van der Waals surface area contributed by atoms with E-state index in [2.05, 4.69) is 21.2 Å². The van der Waals surface area contributed by atoms with Gasteiger partial charge in [0.1, 0.15) is 0 Å². The van der Waals surface area contributed by atoms with Gasteiger partial charge < -0.3 is 5.32 Å². The molecule has 1 aromatic heterocycles. The van der Waals surface area contributed by atoms with Crippen molar-refractivity contribution in [1.82, 2.24) is 5.32 Å². The lowest BCUT2D eigenvalue weighted by atomic mass is 10.4. The molecule has 0 aliphatic carbocycles. The number of hydrogen-bond donors (Lipinski definition) is 1. The summed E-state index contributed by atoms with van der Waals surface area (Å²) in [5.74, 6) is 0.440. The van der Waals surface area contributed by atoms with Crippen molar-refractivity contribution in [2.24, 2.45) is 0 Å². The predicted octanol–water partition coefficient (Wildman–Crippen LogP) is 2.03. The second kappa shape index (κ2) is 5.98. The molecule has 1 N–H and O–H groups in total. The molecule has 1 heterocycles. The number of nitrogens with one attached hydrogen (secondary N) is 1. The number of hydrogen-bond acceptors (Lipinski definition) is 4. The molecule has 1 rings (SSSR count). The third kappa shape index (κ3) is 5.10. The van der Waals surface area contributed by atoms with Crippen LogP contribution in [0.5, 0.6) is 0 Å². The average molecular weight is 312 g/mol. The minimum Gasteiger partial charge on any atom is -0.311 e. The van der Waals surface area contributed by atoms with Gasteiger partial charge in [0.05, 0.1) is 5.75 Å². The maximum Gasteiger partial charge on any atom is 0.151 e. The van der Waals surface area contributed by atoms with E-state index in [0.29, 0.717) is 6.54 Å². The van der Waals surface area contributed by atoms with E-state index in [9.17, 15) is 8.42 Å². The second-order valence-electron chi connectivity index (χ2n) is 3.14. The van der Waals surface area contributed by atoms with Crippen LogP contribution in [0.25, 0.3) is 0 Å². The van der Waals surface area contributed by atoms with Gasteiger partial charge in [-0.25, -0.2) is 8.42 Å². The van der Waals surface area contributed by atoms with Crippen molar-refractivity contribution >= 4 is 37.1 Å². The Kier molecular flexibility index (Phi) is 5.25. The fourth-order valence-electron chi connectivity index (χ4n) is 1.03. The largest absolute Gasteiger partial charge is 0.311 e. The molecule has 0 aliphatic heterocycles. The summed E-state index contributed by atoms with van der Waals surface area (Å²) >= 11 is 5.03. The molecule has 0 unspecified atom stereocenters. The molecule has 0 aliphatic rings. The highest BCUT2D eigenvalue weighted by Gasteiger charge is 2.06. The molecule has 0 saturated heterocycles. The number of halogens is 1. The fraction of sp³-hybridized carbons (Fsp3) is 0.556. The van der Waals surface area contributed by atoms with Gasteiger partial charge in [0.15, 0.2) is 9.84 Å². The summed E-state index contributed by atoms with van der Waals surface area (Å²) in [6, 6.07) is 2.03. The third-order valence-corrected chi connectivity index (χ3v) is 5.35. The lowest BCUT2D eigenvalue weighted by Gasteiger charge is -2.02. The molecular formula is C9H14BrNO2S2. The van der Waals surface area contributed by atoms with E-state index in [-0.39, 0.29) is 11.5 Å². The van der Waals surface area contributed by atoms with Crippen molar-refractivity contribution in [2.45, 2.75) is 13.5 Å². The molecule has 6 heteroatoms. The average Bonchev–Trinajstić information content (AvgIpc) is 2.59. The smallest absolute Gasteiger partial charge is 0.151 e. The van der Waals surface area contributed by atoms with E-state index in [0.717, 1.165) is 11.0 Å². The van der Waals surface area contributed by atoms with Crippen LogP contribution in [0.15, 0.2) is 15.9 Å². The molecule has 0 aromatic carbocycles. The Morgan fingerprint density at radius 3 is 2.80 bits per heavy atom. The number of thiophene rings is 1. The topological polar surface area (TPSA) is 46.2 Å². The Balaban J connectivity index is 2.23. The van der Waals surface area contributed by atoms with Gasteiger partial charge in [-0.3, -0.25) is 0 Å². The molecule has 0 radical (unpaired) electrons. The van der Waals surface area contributed by atoms with Crippen molar-refractivity contribution in [3.8, 4) is 0 Å². The maximum absolute atomic E-state index is 11.2. The molecule has 0 saturated carbocycles. The van der Waals surface area contributed by atoms with E-state index in [1.807, 2.05) is 11.4 Å². The highest BCUT2D eigenvalue weighted by molar-refractivity contribution is 9.10. The molecule has 86 valence electrons. The molecule has 0 spiro atoms. The molecule has 15 heavy (non-hydrogen) atoms. The van der Waals surface area contributed by atoms with Gasteiger partial charge in [-0.2, -0.15) is 0 Å². The Morgan fingerprint density at radius 1 is 1.53 bits per heavy atom. The molecular weight excluding hydrogens is 298 g/mol. The zero-order chi connectivity index (χ0) is 11.3. The van der Waals surface area contributed by atoms with Crippen molar-refractivity contribution in [2.75, 3.05) is 18.1 Å². The number of sulfone groups is 1. The maximum atomic E-state index is 11.2. The van der Waals surface area contributed by atoms with Crippen LogP contribution in [0, 0.1) is 0 Å². The first-order chi connectivity index (χ1) is 7.03. The van der Waals surface area contributed by atoms with E-state index >= 15 is 0 Å². The summed E-state index contributed by atoms with van der Waals surface area (Å²) in [6.45, 7) is 2.92. The SMILES string of the molecule is CCS(=O)(=O)CCNCc1cc(Br)cs1. The van der Waals surface area contributed by atoms with Crippen LogP contribution in [0.1, 0.15) is 11.8 Å². The fourth-order valence-corrected chi connectivity index (χ4v) is 3.19. The zero-order valence-corrected chi connectivity index (χ0v) is 11.7. The predicted molar refractivity (Wildman–Crippen MR) is 68.1 cm³/mol. The standard InChI is InChI=1S/C9H14BrNO2S2/c1-2-15(12,13)4-3-11-6-9-5-8(10)7-14-9/h5,7,11H,2-4,6H2,1H3. The van der Waals surface area contributed by atoms with Gasteiger partial charge in [-0.15, -0.1) is 11.3 Å². The van der Waals surface area contributed by atoms with Gasteiger partial charge >= 0.3 is 0 Å². The van der Waals surface area contributed by atoms with Crippen LogP contribution in [-0.2, 0) is 16.4 Å². The monoisotopic (exact) mass is 311 g/mol. The summed E-state index contributed by atoms with van der Waals surface area (Å²) < 4.78 is 23.4. The van der Waals surface area contributed by atoms with Crippen molar-refractivity contribution in [3.05, 3.63) is 20.8 Å². The molecule has 1 aromatic rings. The van der Waals surface area contributed by atoms with Crippen molar-refractivity contribution < 1.29 is 8.42 Å². The molecule has 0 fully saturated rings. The highest BCUT2D eigenvalue weighted by atomic mass is 79.9. The highest BCUT2D eigenvalue weighted by Crippen LogP contribution is 2.19. The first-order valence-electron chi connectivity index (χ1n) is 4.67.